The Hall–Kier alpha value is -1.72. The summed E-state index contributed by atoms with van der Waals surface area (Å²) in [5.74, 6) is 0.525. The van der Waals surface area contributed by atoms with Crippen molar-refractivity contribution in [2.45, 2.75) is 13.3 Å². The smallest absolute Gasteiger partial charge is 0.225 e. The van der Waals surface area contributed by atoms with Crippen LogP contribution in [-0.4, -0.2) is 16.5 Å². The van der Waals surface area contributed by atoms with E-state index < -0.39 is 0 Å². The third kappa shape index (κ3) is 2.08. The van der Waals surface area contributed by atoms with Crippen LogP contribution < -0.4 is 4.90 Å². The molecule has 0 bridgehead atoms. The fourth-order valence-corrected chi connectivity index (χ4v) is 3.87. The number of thiophene rings is 1. The van der Waals surface area contributed by atoms with Crippen LogP contribution in [0.1, 0.15) is 10.4 Å². The Morgan fingerprint density at radius 3 is 3.00 bits per heavy atom. The highest BCUT2D eigenvalue weighted by atomic mass is 35.5. The third-order valence-electron chi connectivity index (χ3n) is 3.67. The lowest BCUT2D eigenvalue weighted by molar-refractivity contribution is 0.628. The molecule has 106 valence electrons. The molecule has 1 aliphatic heterocycles. The zero-order valence-corrected chi connectivity index (χ0v) is 12.8. The van der Waals surface area contributed by atoms with E-state index in [1.807, 2.05) is 17.9 Å². The fourth-order valence-electron chi connectivity index (χ4n) is 2.78. The molecule has 3 nitrogen and oxygen atoms in total. The van der Waals surface area contributed by atoms with Crippen molar-refractivity contribution in [3.05, 3.63) is 45.8 Å². The fraction of sp³-hybridized carbons (Fsp3) is 0.200. The van der Waals surface area contributed by atoms with Crippen LogP contribution in [0.3, 0.4) is 0 Å². The van der Waals surface area contributed by atoms with E-state index in [1.54, 1.807) is 17.4 Å². The molecule has 0 saturated carbocycles. The van der Waals surface area contributed by atoms with Crippen LogP contribution in [0.15, 0.2) is 24.3 Å². The lowest BCUT2D eigenvalue weighted by atomic mass is 10.2. The van der Waals surface area contributed by atoms with Crippen LogP contribution >= 0.6 is 22.9 Å². The summed E-state index contributed by atoms with van der Waals surface area (Å²) in [5, 5.41) is 1.20. The Morgan fingerprint density at radius 1 is 1.29 bits per heavy atom. The molecule has 6 heteroatoms. The largest absolute Gasteiger partial charge is 0.325 e. The van der Waals surface area contributed by atoms with Crippen molar-refractivity contribution in [2.75, 3.05) is 11.4 Å². The second-order valence-electron chi connectivity index (χ2n) is 5.07. The van der Waals surface area contributed by atoms with E-state index in [4.69, 9.17) is 11.6 Å². The number of fused-ring (bicyclic) bond motifs is 2. The van der Waals surface area contributed by atoms with Crippen LogP contribution in [0.25, 0.3) is 10.2 Å². The minimum absolute atomic E-state index is 0.226. The number of hydrogen-bond acceptors (Lipinski definition) is 4. The van der Waals surface area contributed by atoms with Gasteiger partial charge in [-0.25, -0.2) is 9.37 Å². The van der Waals surface area contributed by atoms with Crippen molar-refractivity contribution in [3.8, 4) is 0 Å². The highest BCUT2D eigenvalue weighted by Crippen LogP contribution is 2.39. The molecule has 1 aromatic carbocycles. The highest BCUT2D eigenvalue weighted by molar-refractivity contribution is 7.18. The van der Waals surface area contributed by atoms with Crippen molar-refractivity contribution < 1.29 is 4.39 Å². The molecule has 0 unspecified atom stereocenters. The lowest BCUT2D eigenvalue weighted by Crippen LogP contribution is -2.15. The summed E-state index contributed by atoms with van der Waals surface area (Å²) in [6.07, 6.45) is 0.877. The Balaban J connectivity index is 1.94. The van der Waals surface area contributed by atoms with Gasteiger partial charge in [0.1, 0.15) is 16.5 Å². The maximum atomic E-state index is 13.6. The van der Waals surface area contributed by atoms with Crippen LogP contribution in [-0.2, 0) is 6.42 Å². The number of hydrogen-bond donors (Lipinski definition) is 0. The maximum absolute atomic E-state index is 13.6. The molecule has 4 rings (SSSR count). The Bertz CT molecular complexity index is 861. The van der Waals surface area contributed by atoms with E-state index in [0.717, 1.165) is 45.1 Å². The van der Waals surface area contributed by atoms with Gasteiger partial charge in [-0.3, -0.25) is 0 Å². The van der Waals surface area contributed by atoms with Gasteiger partial charge in [-0.2, -0.15) is 4.98 Å². The Morgan fingerprint density at radius 2 is 2.14 bits per heavy atom. The average Bonchev–Trinajstić information content (AvgIpc) is 3.00. The number of nitrogens with zero attached hydrogens (tertiary/aromatic N) is 3. The number of halogens is 2. The average molecular weight is 320 g/mol. The maximum Gasteiger partial charge on any atom is 0.225 e. The molecule has 3 heterocycles. The standard InChI is InChI=1S/C15H11ClFN3S/c1-8-6-11-13(18-15(16)19-14(11)21-8)20-5-4-9-2-3-10(17)7-12(9)20/h2-3,6-7H,4-5H2,1H3. The van der Waals surface area contributed by atoms with Crippen LogP contribution in [0.5, 0.6) is 0 Å². The predicted octanol–water partition coefficient (Wildman–Crippen LogP) is 4.49. The first-order chi connectivity index (χ1) is 10.1. The summed E-state index contributed by atoms with van der Waals surface area (Å²) in [5.41, 5.74) is 2.00. The number of aryl methyl sites for hydroxylation is 1. The minimum atomic E-state index is -0.237. The predicted molar refractivity (Wildman–Crippen MR) is 84.3 cm³/mol. The SMILES string of the molecule is Cc1cc2c(N3CCc4ccc(F)cc43)nc(Cl)nc2s1. The van der Waals surface area contributed by atoms with E-state index in [0.29, 0.717) is 0 Å². The molecule has 3 aromatic rings. The molecule has 0 saturated heterocycles. The zero-order chi connectivity index (χ0) is 14.6. The summed E-state index contributed by atoms with van der Waals surface area (Å²) < 4.78 is 13.6. The molecule has 0 aliphatic carbocycles. The molecule has 2 aromatic heterocycles. The van der Waals surface area contributed by atoms with Gasteiger partial charge in [0, 0.05) is 17.1 Å². The number of rotatable bonds is 1. The van der Waals surface area contributed by atoms with Gasteiger partial charge in [0.15, 0.2) is 0 Å². The van der Waals surface area contributed by atoms with Gasteiger partial charge < -0.3 is 4.90 Å². The van der Waals surface area contributed by atoms with Crippen molar-refractivity contribution >= 4 is 44.7 Å². The summed E-state index contributed by atoms with van der Waals surface area (Å²) >= 11 is 7.64. The van der Waals surface area contributed by atoms with Crippen molar-refractivity contribution in [1.82, 2.24) is 9.97 Å². The van der Waals surface area contributed by atoms with Crippen LogP contribution in [0, 0.1) is 12.7 Å². The molecule has 0 N–H and O–H groups in total. The van der Waals surface area contributed by atoms with Crippen molar-refractivity contribution in [1.29, 1.82) is 0 Å². The monoisotopic (exact) mass is 319 g/mol. The molecular formula is C15H11ClFN3S. The second kappa shape index (κ2) is 4.64. The topological polar surface area (TPSA) is 29.0 Å². The molecule has 21 heavy (non-hydrogen) atoms. The first kappa shape index (κ1) is 13.0. The first-order valence-electron chi connectivity index (χ1n) is 6.61. The molecule has 1 aliphatic rings. The first-order valence-corrected chi connectivity index (χ1v) is 7.81. The van der Waals surface area contributed by atoms with Gasteiger partial charge in [0.2, 0.25) is 5.28 Å². The van der Waals surface area contributed by atoms with Gasteiger partial charge in [-0.05, 0) is 48.7 Å². The summed E-state index contributed by atoms with van der Waals surface area (Å²) in [4.78, 5) is 12.7. The van der Waals surface area contributed by atoms with E-state index in [-0.39, 0.29) is 11.1 Å². The molecule has 0 amide bonds. The van der Waals surface area contributed by atoms with Crippen LogP contribution in [0.4, 0.5) is 15.9 Å². The number of aromatic nitrogens is 2. The molecule has 0 spiro atoms. The van der Waals surface area contributed by atoms with Gasteiger partial charge in [-0.15, -0.1) is 11.3 Å². The molecule has 0 fully saturated rings. The van der Waals surface area contributed by atoms with Gasteiger partial charge in [-0.1, -0.05) is 6.07 Å². The Kier molecular flexibility index (Phi) is 2.87. The number of anilines is 2. The van der Waals surface area contributed by atoms with Gasteiger partial charge >= 0.3 is 0 Å². The number of benzene rings is 1. The van der Waals surface area contributed by atoms with E-state index in [1.165, 1.54) is 6.07 Å². The summed E-state index contributed by atoms with van der Waals surface area (Å²) in [7, 11) is 0. The van der Waals surface area contributed by atoms with Crippen LogP contribution in [0.2, 0.25) is 5.28 Å². The second-order valence-corrected chi connectivity index (χ2v) is 6.64. The molecular weight excluding hydrogens is 309 g/mol. The zero-order valence-electron chi connectivity index (χ0n) is 11.2. The van der Waals surface area contributed by atoms with E-state index >= 15 is 0 Å². The molecule has 0 atom stereocenters. The minimum Gasteiger partial charge on any atom is -0.325 e. The molecule has 0 radical (unpaired) electrons. The normalized spacial score (nSPS) is 14.0. The quantitative estimate of drug-likeness (QED) is 0.619. The third-order valence-corrected chi connectivity index (χ3v) is 4.78. The lowest BCUT2D eigenvalue weighted by Gasteiger charge is -2.19. The summed E-state index contributed by atoms with van der Waals surface area (Å²) in [6.45, 7) is 2.80. The van der Waals surface area contributed by atoms with E-state index in [2.05, 4.69) is 16.0 Å². The van der Waals surface area contributed by atoms with Crippen molar-refractivity contribution in [2.24, 2.45) is 0 Å². The van der Waals surface area contributed by atoms with E-state index in [9.17, 15) is 4.39 Å². The Labute approximate surface area is 130 Å². The van der Waals surface area contributed by atoms with Gasteiger partial charge in [0.05, 0.1) is 5.39 Å². The highest BCUT2D eigenvalue weighted by Gasteiger charge is 2.25. The van der Waals surface area contributed by atoms with Crippen molar-refractivity contribution in [3.63, 3.8) is 0 Å². The van der Waals surface area contributed by atoms with Gasteiger partial charge in [0.25, 0.3) is 0 Å². The summed E-state index contributed by atoms with van der Waals surface area (Å²) in [6, 6.07) is 6.95.